The van der Waals surface area contributed by atoms with Gasteiger partial charge in [0.1, 0.15) is 0 Å². The number of rotatable bonds is 4. The Morgan fingerprint density at radius 2 is 2.05 bits per heavy atom. The number of nitrogens with one attached hydrogen (secondary N) is 2. The van der Waals surface area contributed by atoms with Crippen molar-refractivity contribution in [3.05, 3.63) is 15.6 Å². The van der Waals surface area contributed by atoms with Crippen LogP contribution >= 0.6 is 36.2 Å². The SMILES string of the molecule is Cc1nc(CCNC(=O)C2CC23CCNCC3)sc1C.Cl.Cl. The van der Waals surface area contributed by atoms with E-state index in [1.165, 1.54) is 4.88 Å². The van der Waals surface area contributed by atoms with Gasteiger partial charge in [0.25, 0.3) is 0 Å². The molecule has 1 aliphatic heterocycles. The molecule has 1 aromatic rings. The molecule has 1 amide bonds. The molecular formula is C15H25Cl2N3OS. The number of hydrogen-bond acceptors (Lipinski definition) is 4. The van der Waals surface area contributed by atoms with E-state index in [4.69, 9.17) is 0 Å². The van der Waals surface area contributed by atoms with Gasteiger partial charge in [0.2, 0.25) is 5.91 Å². The highest BCUT2D eigenvalue weighted by molar-refractivity contribution is 7.11. The molecule has 1 aromatic heterocycles. The standard InChI is InChI=1S/C15H23N3OS.2ClH/c1-10-11(2)20-13(18-10)3-6-17-14(19)12-9-15(12)4-7-16-8-5-15;;/h12,16H,3-9H2,1-2H3,(H,17,19);2*1H. The summed E-state index contributed by atoms with van der Waals surface area (Å²) in [5, 5.41) is 7.61. The van der Waals surface area contributed by atoms with Crippen LogP contribution in [0.1, 0.15) is 34.8 Å². The fourth-order valence-corrected chi connectivity index (χ4v) is 4.19. The van der Waals surface area contributed by atoms with Crippen molar-refractivity contribution in [2.75, 3.05) is 19.6 Å². The summed E-state index contributed by atoms with van der Waals surface area (Å²) in [6, 6.07) is 0. The summed E-state index contributed by atoms with van der Waals surface area (Å²) in [5.41, 5.74) is 1.45. The van der Waals surface area contributed by atoms with Crippen molar-refractivity contribution in [3.63, 3.8) is 0 Å². The molecule has 4 nitrogen and oxygen atoms in total. The third-order valence-electron chi connectivity index (χ3n) is 4.82. The minimum absolute atomic E-state index is 0. The molecule has 2 fully saturated rings. The average Bonchev–Trinajstić information content (AvgIpc) is 3.02. The van der Waals surface area contributed by atoms with Crippen LogP contribution in [0.25, 0.3) is 0 Å². The summed E-state index contributed by atoms with van der Waals surface area (Å²) in [5.74, 6) is 0.529. The number of carbonyl (C=O) groups excluding carboxylic acids is 1. The number of amides is 1. The van der Waals surface area contributed by atoms with Crippen LogP contribution in [0.5, 0.6) is 0 Å². The molecule has 2 N–H and O–H groups in total. The van der Waals surface area contributed by atoms with Crippen molar-refractivity contribution in [2.45, 2.75) is 39.5 Å². The zero-order chi connectivity index (χ0) is 14.2. The normalized spacial score (nSPS) is 21.6. The molecule has 2 aliphatic rings. The number of thiazole rings is 1. The van der Waals surface area contributed by atoms with Gasteiger partial charge in [0, 0.05) is 23.8 Å². The number of piperidine rings is 1. The van der Waals surface area contributed by atoms with Gasteiger partial charge in [0.05, 0.1) is 10.7 Å². The second-order valence-corrected chi connectivity index (χ2v) is 7.45. The first kappa shape index (κ1) is 19.7. The lowest BCUT2D eigenvalue weighted by molar-refractivity contribution is -0.123. The predicted molar refractivity (Wildman–Crippen MR) is 95.4 cm³/mol. The Balaban J connectivity index is 0.00000121. The van der Waals surface area contributed by atoms with E-state index in [0.717, 1.165) is 56.0 Å². The Kier molecular flexibility index (Phi) is 7.12. The van der Waals surface area contributed by atoms with E-state index in [9.17, 15) is 4.79 Å². The third-order valence-corrected chi connectivity index (χ3v) is 5.95. The van der Waals surface area contributed by atoms with E-state index in [1.807, 2.05) is 6.92 Å². The van der Waals surface area contributed by atoms with Crippen LogP contribution in [-0.4, -0.2) is 30.5 Å². The molecule has 0 radical (unpaired) electrons. The highest BCUT2D eigenvalue weighted by Crippen LogP contribution is 2.58. The summed E-state index contributed by atoms with van der Waals surface area (Å²) in [4.78, 5) is 18.0. The zero-order valence-corrected chi connectivity index (χ0v) is 15.6. The second kappa shape index (κ2) is 7.95. The molecule has 1 unspecified atom stereocenters. The highest BCUT2D eigenvalue weighted by atomic mass is 35.5. The maximum absolute atomic E-state index is 12.2. The quantitative estimate of drug-likeness (QED) is 0.862. The molecule has 2 heterocycles. The number of carbonyl (C=O) groups is 1. The minimum atomic E-state index is 0. The van der Waals surface area contributed by atoms with Gasteiger partial charge in [-0.1, -0.05) is 0 Å². The largest absolute Gasteiger partial charge is 0.355 e. The molecule has 3 rings (SSSR count). The predicted octanol–water partition coefficient (Wildman–Crippen LogP) is 2.65. The Morgan fingerprint density at radius 3 is 2.64 bits per heavy atom. The number of aryl methyl sites for hydroxylation is 2. The second-order valence-electron chi connectivity index (χ2n) is 6.16. The van der Waals surface area contributed by atoms with Crippen molar-refractivity contribution >= 4 is 42.1 Å². The first-order valence-corrected chi connectivity index (χ1v) is 8.34. The van der Waals surface area contributed by atoms with E-state index in [2.05, 4.69) is 22.5 Å². The molecular weight excluding hydrogens is 341 g/mol. The number of hydrogen-bond donors (Lipinski definition) is 2. The van der Waals surface area contributed by atoms with Crippen LogP contribution in [-0.2, 0) is 11.2 Å². The van der Waals surface area contributed by atoms with E-state index in [-0.39, 0.29) is 36.6 Å². The smallest absolute Gasteiger partial charge is 0.223 e. The molecule has 1 saturated heterocycles. The first-order chi connectivity index (χ1) is 9.61. The van der Waals surface area contributed by atoms with Crippen LogP contribution in [0.3, 0.4) is 0 Å². The van der Waals surface area contributed by atoms with Crippen LogP contribution in [0.4, 0.5) is 0 Å². The summed E-state index contributed by atoms with van der Waals surface area (Å²) in [7, 11) is 0. The Labute approximate surface area is 148 Å². The van der Waals surface area contributed by atoms with E-state index in [0.29, 0.717) is 5.41 Å². The lowest BCUT2D eigenvalue weighted by Crippen LogP contribution is -2.34. The molecule has 7 heteroatoms. The Bertz CT molecular complexity index is 495. The third kappa shape index (κ3) is 4.13. The van der Waals surface area contributed by atoms with Gasteiger partial charge in [-0.05, 0) is 51.6 Å². The topological polar surface area (TPSA) is 54.0 Å². The van der Waals surface area contributed by atoms with Crippen LogP contribution in [0, 0.1) is 25.2 Å². The summed E-state index contributed by atoms with van der Waals surface area (Å²) in [6.07, 6.45) is 4.27. The number of aromatic nitrogens is 1. The van der Waals surface area contributed by atoms with Gasteiger partial charge in [-0.15, -0.1) is 36.2 Å². The van der Waals surface area contributed by atoms with Gasteiger partial charge in [-0.25, -0.2) is 4.98 Å². The molecule has 1 atom stereocenters. The molecule has 22 heavy (non-hydrogen) atoms. The zero-order valence-electron chi connectivity index (χ0n) is 13.1. The summed E-state index contributed by atoms with van der Waals surface area (Å²) in [6.45, 7) is 7.00. The van der Waals surface area contributed by atoms with Gasteiger partial charge < -0.3 is 10.6 Å². The maximum atomic E-state index is 12.2. The average molecular weight is 366 g/mol. The summed E-state index contributed by atoms with van der Waals surface area (Å²) < 4.78 is 0. The minimum Gasteiger partial charge on any atom is -0.355 e. The molecule has 1 saturated carbocycles. The van der Waals surface area contributed by atoms with Crippen LogP contribution in [0.2, 0.25) is 0 Å². The summed E-state index contributed by atoms with van der Waals surface area (Å²) >= 11 is 1.74. The lowest BCUT2D eigenvalue weighted by atomic mass is 9.92. The van der Waals surface area contributed by atoms with Crippen molar-refractivity contribution in [2.24, 2.45) is 11.3 Å². The van der Waals surface area contributed by atoms with Crippen LogP contribution < -0.4 is 10.6 Å². The monoisotopic (exact) mass is 365 g/mol. The molecule has 1 aliphatic carbocycles. The highest BCUT2D eigenvalue weighted by Gasteiger charge is 2.57. The van der Waals surface area contributed by atoms with Crippen molar-refractivity contribution in [3.8, 4) is 0 Å². The fourth-order valence-electron chi connectivity index (χ4n) is 3.26. The van der Waals surface area contributed by atoms with Crippen molar-refractivity contribution < 1.29 is 4.79 Å². The number of halogens is 2. The fraction of sp³-hybridized carbons (Fsp3) is 0.733. The van der Waals surface area contributed by atoms with Gasteiger partial charge in [0.15, 0.2) is 0 Å². The van der Waals surface area contributed by atoms with Gasteiger partial charge in [-0.2, -0.15) is 0 Å². The molecule has 0 bridgehead atoms. The van der Waals surface area contributed by atoms with E-state index >= 15 is 0 Å². The lowest BCUT2D eigenvalue weighted by Gasteiger charge is -2.23. The first-order valence-electron chi connectivity index (χ1n) is 7.52. The van der Waals surface area contributed by atoms with Gasteiger partial charge in [-0.3, -0.25) is 4.79 Å². The Hall–Kier alpha value is -0.360. The van der Waals surface area contributed by atoms with Crippen LogP contribution in [0.15, 0.2) is 0 Å². The van der Waals surface area contributed by atoms with Crippen molar-refractivity contribution in [1.82, 2.24) is 15.6 Å². The molecule has 1 spiro atoms. The molecule has 0 aromatic carbocycles. The van der Waals surface area contributed by atoms with E-state index < -0.39 is 0 Å². The number of nitrogens with zero attached hydrogens (tertiary/aromatic N) is 1. The molecule has 126 valence electrons. The maximum Gasteiger partial charge on any atom is 0.223 e. The Morgan fingerprint density at radius 1 is 1.36 bits per heavy atom. The van der Waals surface area contributed by atoms with Gasteiger partial charge >= 0.3 is 0 Å². The van der Waals surface area contributed by atoms with E-state index in [1.54, 1.807) is 11.3 Å². The van der Waals surface area contributed by atoms with Crippen molar-refractivity contribution in [1.29, 1.82) is 0 Å².